The summed E-state index contributed by atoms with van der Waals surface area (Å²) in [5, 5.41) is -0.300. The van der Waals surface area contributed by atoms with E-state index in [0.717, 1.165) is 6.07 Å². The molecule has 0 unspecified atom stereocenters. The van der Waals surface area contributed by atoms with Gasteiger partial charge in [-0.1, -0.05) is 11.6 Å². The Morgan fingerprint density at radius 1 is 1.10 bits per heavy atom. The first-order valence-corrected chi connectivity index (χ1v) is 9.49. The van der Waals surface area contributed by atoms with Gasteiger partial charge in [-0.05, 0) is 30.3 Å². The van der Waals surface area contributed by atoms with Crippen LogP contribution in [-0.2, 0) is 12.7 Å². The van der Waals surface area contributed by atoms with Crippen molar-refractivity contribution < 1.29 is 17.6 Å². The van der Waals surface area contributed by atoms with Crippen LogP contribution < -0.4 is 10.7 Å². The summed E-state index contributed by atoms with van der Waals surface area (Å²) < 4.78 is 45.9. The Labute approximate surface area is 169 Å². The van der Waals surface area contributed by atoms with Gasteiger partial charge in [-0.25, -0.2) is 9.78 Å². The van der Waals surface area contributed by atoms with Crippen molar-refractivity contribution in [1.29, 1.82) is 0 Å². The van der Waals surface area contributed by atoms with E-state index in [1.165, 1.54) is 10.6 Å². The maximum atomic E-state index is 13.1. The number of nitrogens with zero attached hydrogens (tertiary/aromatic N) is 4. The van der Waals surface area contributed by atoms with Gasteiger partial charge in [0.2, 0.25) is 0 Å². The molecule has 2 aromatic heterocycles. The van der Waals surface area contributed by atoms with Crippen LogP contribution in [0.5, 0.6) is 0 Å². The minimum Gasteiger partial charge on any atom is -0.406 e. The van der Waals surface area contributed by atoms with Crippen LogP contribution in [0.15, 0.2) is 45.7 Å². The number of oxazole rings is 1. The van der Waals surface area contributed by atoms with E-state index in [9.17, 15) is 18.0 Å². The molecular weight excluding hydrogens is 409 g/mol. The molecule has 0 bridgehead atoms. The third-order valence-corrected chi connectivity index (χ3v) is 5.39. The van der Waals surface area contributed by atoms with E-state index in [1.807, 2.05) is 4.90 Å². The fraction of sp³-hybridized carbons (Fsp3) is 0.368. The lowest BCUT2D eigenvalue weighted by Gasteiger charge is -2.36. The Balaban J connectivity index is 1.39. The lowest BCUT2D eigenvalue weighted by Crippen LogP contribution is -2.47. The van der Waals surface area contributed by atoms with E-state index >= 15 is 0 Å². The second-order valence-corrected chi connectivity index (χ2v) is 7.24. The number of pyridine rings is 1. The summed E-state index contributed by atoms with van der Waals surface area (Å²) in [6.07, 6.45) is -2.88. The van der Waals surface area contributed by atoms with Gasteiger partial charge in [-0.3, -0.25) is 9.47 Å². The van der Waals surface area contributed by atoms with Gasteiger partial charge in [0.1, 0.15) is 0 Å². The van der Waals surface area contributed by atoms with Crippen LogP contribution in [0.3, 0.4) is 0 Å². The average molecular weight is 427 g/mol. The predicted octanol–water partition coefficient (Wildman–Crippen LogP) is 3.48. The van der Waals surface area contributed by atoms with Gasteiger partial charge in [0.15, 0.2) is 11.2 Å². The van der Waals surface area contributed by atoms with E-state index in [0.29, 0.717) is 56.2 Å². The summed E-state index contributed by atoms with van der Waals surface area (Å²) in [5.41, 5.74) is 0.642. The minimum absolute atomic E-state index is 0.300. The quantitative estimate of drug-likeness (QED) is 0.639. The number of rotatable bonds is 4. The highest BCUT2D eigenvalue weighted by atomic mass is 35.5. The fourth-order valence-corrected chi connectivity index (χ4v) is 3.72. The molecule has 1 saturated heterocycles. The second-order valence-electron chi connectivity index (χ2n) is 6.84. The average Bonchev–Trinajstić information content (AvgIpc) is 3.01. The van der Waals surface area contributed by atoms with Gasteiger partial charge in [-0.15, -0.1) is 0 Å². The number of hydrogen-bond acceptors (Lipinski definition) is 5. The van der Waals surface area contributed by atoms with Crippen LogP contribution in [0.2, 0.25) is 5.02 Å². The highest BCUT2D eigenvalue weighted by molar-refractivity contribution is 6.31. The number of fused-ring (bicyclic) bond motifs is 1. The molecule has 6 nitrogen and oxygen atoms in total. The van der Waals surface area contributed by atoms with Gasteiger partial charge in [0.25, 0.3) is 0 Å². The lowest BCUT2D eigenvalue weighted by atomic mass is 10.1. The first kappa shape index (κ1) is 19.8. The van der Waals surface area contributed by atoms with Crippen molar-refractivity contribution in [3.63, 3.8) is 0 Å². The smallest absolute Gasteiger partial charge is 0.406 e. The molecule has 0 atom stereocenters. The van der Waals surface area contributed by atoms with Crippen LogP contribution >= 0.6 is 11.6 Å². The predicted molar refractivity (Wildman–Crippen MR) is 103 cm³/mol. The molecule has 3 heterocycles. The molecule has 1 aliphatic heterocycles. The number of aromatic nitrogens is 2. The Hall–Kier alpha value is -2.52. The molecule has 0 amide bonds. The first-order valence-electron chi connectivity index (χ1n) is 9.11. The summed E-state index contributed by atoms with van der Waals surface area (Å²) in [5.74, 6) is -0.446. The highest BCUT2D eigenvalue weighted by Crippen LogP contribution is 2.37. The third-order valence-electron chi connectivity index (χ3n) is 5.06. The summed E-state index contributed by atoms with van der Waals surface area (Å²) in [6.45, 7) is 3.55. The zero-order valence-corrected chi connectivity index (χ0v) is 16.1. The van der Waals surface area contributed by atoms with Crippen molar-refractivity contribution in [2.75, 3.05) is 37.6 Å². The Kier molecular flexibility index (Phi) is 5.26. The molecule has 10 heteroatoms. The molecule has 1 aliphatic rings. The van der Waals surface area contributed by atoms with E-state index in [-0.39, 0.29) is 5.02 Å². The minimum atomic E-state index is -4.48. The Morgan fingerprint density at radius 3 is 2.59 bits per heavy atom. The zero-order chi connectivity index (χ0) is 20.6. The molecule has 0 radical (unpaired) electrons. The molecule has 1 aromatic carbocycles. The second kappa shape index (κ2) is 7.72. The van der Waals surface area contributed by atoms with Crippen molar-refractivity contribution in [2.24, 2.45) is 0 Å². The molecule has 0 N–H and O–H groups in total. The van der Waals surface area contributed by atoms with Gasteiger partial charge in [0.05, 0.1) is 10.6 Å². The normalized spacial score (nSPS) is 15.9. The molecule has 1 fully saturated rings. The molecule has 154 valence electrons. The molecule has 0 aliphatic carbocycles. The Bertz CT molecular complexity index is 1070. The third kappa shape index (κ3) is 4.11. The van der Waals surface area contributed by atoms with Crippen molar-refractivity contribution in [2.45, 2.75) is 12.7 Å². The van der Waals surface area contributed by atoms with Gasteiger partial charge in [0, 0.05) is 51.2 Å². The summed E-state index contributed by atoms with van der Waals surface area (Å²) in [4.78, 5) is 20.3. The van der Waals surface area contributed by atoms with E-state index in [1.54, 1.807) is 24.4 Å². The molecule has 4 rings (SSSR count). The SMILES string of the molecule is O=c1oc2cccnc2n1CCN1CCN(c2ccc(Cl)c(C(F)(F)F)c2)CC1. The largest absolute Gasteiger partial charge is 0.421 e. The zero-order valence-electron chi connectivity index (χ0n) is 15.3. The fourth-order valence-electron chi connectivity index (χ4n) is 3.50. The number of benzene rings is 1. The number of halogens is 4. The molecule has 0 spiro atoms. The molecular formula is C19H18ClF3N4O2. The topological polar surface area (TPSA) is 54.5 Å². The van der Waals surface area contributed by atoms with Gasteiger partial charge in [-0.2, -0.15) is 13.2 Å². The van der Waals surface area contributed by atoms with Gasteiger partial charge < -0.3 is 9.32 Å². The van der Waals surface area contributed by atoms with Crippen LogP contribution in [0, 0.1) is 0 Å². The van der Waals surface area contributed by atoms with E-state index in [2.05, 4.69) is 9.88 Å². The van der Waals surface area contributed by atoms with E-state index < -0.39 is 17.5 Å². The van der Waals surface area contributed by atoms with Crippen LogP contribution in [0.1, 0.15) is 5.56 Å². The van der Waals surface area contributed by atoms with E-state index in [4.69, 9.17) is 16.0 Å². The monoisotopic (exact) mass is 426 g/mol. The highest BCUT2D eigenvalue weighted by Gasteiger charge is 2.34. The molecule has 29 heavy (non-hydrogen) atoms. The van der Waals surface area contributed by atoms with Gasteiger partial charge >= 0.3 is 11.9 Å². The van der Waals surface area contributed by atoms with Crippen LogP contribution in [0.4, 0.5) is 18.9 Å². The van der Waals surface area contributed by atoms with Crippen LogP contribution in [0.25, 0.3) is 11.2 Å². The maximum absolute atomic E-state index is 13.1. The molecule has 0 saturated carbocycles. The standard InChI is InChI=1S/C19H18ClF3N4O2/c20-15-4-3-13(12-14(15)19(21,22)23)26-9-6-25(7-10-26)8-11-27-17-16(29-18(27)28)2-1-5-24-17/h1-5,12H,6-11H2. The van der Waals surface area contributed by atoms with Crippen molar-refractivity contribution in [1.82, 2.24) is 14.5 Å². The van der Waals surface area contributed by atoms with Crippen molar-refractivity contribution >= 4 is 28.5 Å². The Morgan fingerprint density at radius 2 is 1.86 bits per heavy atom. The van der Waals surface area contributed by atoms with Crippen LogP contribution in [-0.4, -0.2) is 47.2 Å². The summed E-state index contributed by atoms with van der Waals surface area (Å²) in [7, 11) is 0. The number of alkyl halides is 3. The number of anilines is 1. The van der Waals surface area contributed by atoms with Crippen molar-refractivity contribution in [3.05, 3.63) is 57.7 Å². The number of hydrogen-bond donors (Lipinski definition) is 0. The van der Waals surface area contributed by atoms with Crippen molar-refractivity contribution in [3.8, 4) is 0 Å². The lowest BCUT2D eigenvalue weighted by molar-refractivity contribution is -0.137. The summed E-state index contributed by atoms with van der Waals surface area (Å²) in [6, 6.07) is 7.39. The molecule has 3 aromatic rings. The number of piperazine rings is 1. The summed E-state index contributed by atoms with van der Waals surface area (Å²) >= 11 is 5.70. The maximum Gasteiger partial charge on any atom is 0.421 e. The first-order chi connectivity index (χ1) is 13.8.